The van der Waals surface area contributed by atoms with Crippen molar-refractivity contribution >= 4 is 45.7 Å². The summed E-state index contributed by atoms with van der Waals surface area (Å²) < 4.78 is 43.5. The largest absolute Gasteiger partial charge is 0.573 e. The lowest BCUT2D eigenvalue weighted by Gasteiger charge is -2.09. The zero-order valence-electron chi connectivity index (χ0n) is 12.0. The van der Waals surface area contributed by atoms with Crippen LogP contribution in [-0.2, 0) is 6.54 Å². The number of ether oxygens (including phenoxy) is 1. The van der Waals surface area contributed by atoms with E-state index in [0.29, 0.717) is 6.54 Å². The van der Waals surface area contributed by atoms with E-state index in [1.807, 2.05) is 17.7 Å². The van der Waals surface area contributed by atoms with Crippen molar-refractivity contribution in [2.45, 2.75) is 19.8 Å². The third kappa shape index (κ3) is 4.82. The molecule has 0 bridgehead atoms. The van der Waals surface area contributed by atoms with Crippen molar-refractivity contribution in [3.63, 3.8) is 0 Å². The molecule has 1 aromatic heterocycles. The lowest BCUT2D eigenvalue weighted by molar-refractivity contribution is -0.274. The highest BCUT2D eigenvalue weighted by Crippen LogP contribution is 2.28. The lowest BCUT2D eigenvalue weighted by atomic mass is 10.3. The average Bonchev–Trinajstić information content (AvgIpc) is 2.71. The van der Waals surface area contributed by atoms with Gasteiger partial charge in [-0.2, -0.15) is 11.8 Å². The monoisotopic (exact) mass is 372 g/mol. The van der Waals surface area contributed by atoms with Crippen LogP contribution in [0.15, 0.2) is 23.2 Å². The van der Waals surface area contributed by atoms with Crippen LogP contribution in [0.4, 0.5) is 13.2 Å². The third-order valence-electron chi connectivity index (χ3n) is 2.70. The van der Waals surface area contributed by atoms with Gasteiger partial charge in [-0.15, -0.1) is 25.6 Å². The Hall–Kier alpha value is -0.860. The summed E-state index contributed by atoms with van der Waals surface area (Å²) in [7, 11) is 0. The third-order valence-corrected chi connectivity index (χ3v) is 4.37. The predicted octanol–water partition coefficient (Wildman–Crippen LogP) is 4.31. The van der Waals surface area contributed by atoms with E-state index in [-0.39, 0.29) is 18.2 Å². The van der Waals surface area contributed by atoms with Crippen molar-refractivity contribution in [1.82, 2.24) is 4.57 Å². The Morgan fingerprint density at radius 3 is 2.68 bits per heavy atom. The first-order valence-electron chi connectivity index (χ1n) is 6.33. The van der Waals surface area contributed by atoms with Gasteiger partial charge in [0.2, 0.25) is 0 Å². The highest BCUT2D eigenvalue weighted by Gasteiger charge is 2.31. The molecule has 0 radical (unpaired) electrons. The number of halogens is 4. The molecule has 124 valence electrons. The van der Waals surface area contributed by atoms with Gasteiger partial charge in [-0.05, 0) is 31.4 Å². The zero-order chi connectivity index (χ0) is 15.5. The summed E-state index contributed by atoms with van der Waals surface area (Å²) in [5, 5.41) is 0. The topological polar surface area (TPSA) is 26.5 Å². The molecule has 0 aliphatic heterocycles. The zero-order valence-corrected chi connectivity index (χ0v) is 14.5. The number of fused-ring (bicyclic) bond motifs is 1. The second-order valence-corrected chi connectivity index (χ2v) is 6.18. The van der Waals surface area contributed by atoms with E-state index >= 15 is 0 Å². The van der Waals surface area contributed by atoms with Crippen molar-refractivity contribution < 1.29 is 17.9 Å². The molecule has 0 spiro atoms. The van der Waals surface area contributed by atoms with E-state index in [0.717, 1.165) is 27.3 Å². The molecule has 2 aromatic rings. The van der Waals surface area contributed by atoms with E-state index in [2.05, 4.69) is 9.73 Å². The number of nitrogens with zero attached hydrogens (tertiary/aromatic N) is 2. The minimum absolute atomic E-state index is 0. The van der Waals surface area contributed by atoms with E-state index in [4.69, 9.17) is 0 Å². The van der Waals surface area contributed by atoms with Crippen LogP contribution in [0.1, 0.15) is 6.92 Å². The van der Waals surface area contributed by atoms with Crippen molar-refractivity contribution in [2.24, 2.45) is 4.99 Å². The molecule has 0 saturated carbocycles. The van der Waals surface area contributed by atoms with Gasteiger partial charge in [0.15, 0.2) is 4.80 Å². The van der Waals surface area contributed by atoms with Crippen LogP contribution < -0.4 is 9.54 Å². The standard InChI is InChI=1S/C13H15F3N2OS2.ClH/c1-3-17-12-18(6-7-20-2)10-5-4-9(8-11(10)21-12)19-13(14,15)16;/h4-5,8H,3,6-7H2,1-2H3;1H/b17-12+;. The number of rotatable bonds is 5. The Labute approximate surface area is 140 Å². The van der Waals surface area contributed by atoms with Gasteiger partial charge in [-0.1, -0.05) is 11.3 Å². The first-order chi connectivity index (χ1) is 9.94. The number of thiazole rings is 1. The quantitative estimate of drug-likeness (QED) is 0.782. The van der Waals surface area contributed by atoms with Crippen LogP contribution in [0.5, 0.6) is 5.75 Å². The number of aryl methyl sites for hydroxylation is 1. The Kier molecular flexibility index (Phi) is 7.08. The molecule has 0 atom stereocenters. The summed E-state index contributed by atoms with van der Waals surface area (Å²) in [6.45, 7) is 3.35. The second-order valence-electron chi connectivity index (χ2n) is 4.18. The summed E-state index contributed by atoms with van der Waals surface area (Å²) in [5.41, 5.74) is 0.885. The Morgan fingerprint density at radius 2 is 2.09 bits per heavy atom. The molecule has 1 heterocycles. The maximum absolute atomic E-state index is 12.3. The molecule has 0 N–H and O–H groups in total. The Balaban J connectivity index is 0.00000242. The molecule has 2 rings (SSSR count). The average molecular weight is 373 g/mol. The van der Waals surface area contributed by atoms with Gasteiger partial charge in [0.05, 0.1) is 10.2 Å². The summed E-state index contributed by atoms with van der Waals surface area (Å²) in [5.74, 6) is 0.722. The van der Waals surface area contributed by atoms with E-state index in [1.54, 1.807) is 17.8 Å². The maximum Gasteiger partial charge on any atom is 0.573 e. The normalized spacial score (nSPS) is 12.5. The number of alkyl halides is 3. The molecular weight excluding hydrogens is 357 g/mol. The molecule has 0 aliphatic rings. The van der Waals surface area contributed by atoms with Crippen LogP contribution in [0, 0.1) is 0 Å². The van der Waals surface area contributed by atoms with Gasteiger partial charge in [0, 0.05) is 18.8 Å². The van der Waals surface area contributed by atoms with Crippen LogP contribution in [-0.4, -0.2) is 29.5 Å². The van der Waals surface area contributed by atoms with Gasteiger partial charge in [0.1, 0.15) is 5.75 Å². The minimum Gasteiger partial charge on any atom is -0.406 e. The SMILES string of the molecule is CC/N=c1/sc2cc(OC(F)(F)F)ccc2n1CCSC.Cl. The molecule has 3 nitrogen and oxygen atoms in total. The minimum atomic E-state index is -4.67. The van der Waals surface area contributed by atoms with Gasteiger partial charge in [-0.3, -0.25) is 4.99 Å². The number of hydrogen-bond donors (Lipinski definition) is 0. The molecular formula is C13H16ClF3N2OS2. The maximum atomic E-state index is 12.3. The highest BCUT2D eigenvalue weighted by atomic mass is 35.5. The number of thioether (sulfide) groups is 1. The first-order valence-corrected chi connectivity index (χ1v) is 8.54. The molecule has 0 amide bonds. The Morgan fingerprint density at radius 1 is 1.36 bits per heavy atom. The van der Waals surface area contributed by atoms with Gasteiger partial charge >= 0.3 is 6.36 Å². The number of benzene rings is 1. The van der Waals surface area contributed by atoms with Crippen molar-refractivity contribution in [2.75, 3.05) is 18.6 Å². The van der Waals surface area contributed by atoms with Crippen LogP contribution >= 0.6 is 35.5 Å². The molecule has 0 aliphatic carbocycles. The molecule has 9 heteroatoms. The van der Waals surface area contributed by atoms with E-state index in [1.165, 1.54) is 23.5 Å². The lowest BCUT2D eigenvalue weighted by Crippen LogP contribution is -2.17. The fourth-order valence-corrected chi connectivity index (χ4v) is 3.42. The number of aromatic nitrogens is 1. The Bertz CT molecular complexity index is 682. The van der Waals surface area contributed by atoms with Crippen molar-refractivity contribution in [3.05, 3.63) is 23.0 Å². The van der Waals surface area contributed by atoms with Crippen LogP contribution in [0.3, 0.4) is 0 Å². The van der Waals surface area contributed by atoms with Crippen LogP contribution in [0.2, 0.25) is 0 Å². The van der Waals surface area contributed by atoms with Crippen LogP contribution in [0.25, 0.3) is 10.2 Å². The molecule has 22 heavy (non-hydrogen) atoms. The van der Waals surface area contributed by atoms with E-state index in [9.17, 15) is 13.2 Å². The fraction of sp³-hybridized carbons (Fsp3) is 0.462. The van der Waals surface area contributed by atoms with Gasteiger partial charge in [0.25, 0.3) is 0 Å². The summed E-state index contributed by atoms with van der Waals surface area (Å²) in [6, 6.07) is 4.41. The summed E-state index contributed by atoms with van der Waals surface area (Å²) >= 11 is 3.09. The molecule has 1 aromatic carbocycles. The van der Waals surface area contributed by atoms with Crippen molar-refractivity contribution in [1.29, 1.82) is 0 Å². The first kappa shape index (κ1) is 19.2. The molecule has 0 fully saturated rings. The van der Waals surface area contributed by atoms with E-state index < -0.39 is 6.36 Å². The second kappa shape index (κ2) is 8.12. The fourth-order valence-electron chi connectivity index (χ4n) is 1.90. The summed E-state index contributed by atoms with van der Waals surface area (Å²) in [4.78, 5) is 5.23. The highest BCUT2D eigenvalue weighted by molar-refractivity contribution is 7.98. The molecule has 0 unspecified atom stereocenters. The number of hydrogen-bond acceptors (Lipinski definition) is 4. The smallest absolute Gasteiger partial charge is 0.406 e. The summed E-state index contributed by atoms with van der Waals surface area (Å²) in [6.07, 6.45) is -2.66. The van der Waals surface area contributed by atoms with Gasteiger partial charge < -0.3 is 9.30 Å². The predicted molar refractivity (Wildman–Crippen MR) is 88.2 cm³/mol. The van der Waals surface area contributed by atoms with Gasteiger partial charge in [-0.25, -0.2) is 0 Å². The van der Waals surface area contributed by atoms with Crippen molar-refractivity contribution in [3.8, 4) is 5.75 Å². The molecule has 0 saturated heterocycles.